The molecule has 1 amide bonds. The zero-order valence-electron chi connectivity index (χ0n) is 11.7. The van der Waals surface area contributed by atoms with E-state index in [4.69, 9.17) is 11.6 Å². The van der Waals surface area contributed by atoms with Crippen LogP contribution in [0.3, 0.4) is 0 Å². The molecule has 20 heavy (non-hydrogen) atoms. The van der Waals surface area contributed by atoms with Crippen molar-refractivity contribution in [1.82, 2.24) is 5.32 Å². The number of carbonyl (C=O) groups is 1. The highest BCUT2D eigenvalue weighted by molar-refractivity contribution is 7.92. The van der Waals surface area contributed by atoms with E-state index in [9.17, 15) is 13.2 Å². The number of amides is 1. The molecular formula is C13H19ClN2O3S. The van der Waals surface area contributed by atoms with Crippen LogP contribution in [-0.2, 0) is 10.0 Å². The fourth-order valence-corrected chi connectivity index (χ4v) is 3.39. The lowest BCUT2D eigenvalue weighted by molar-refractivity contribution is 0.0963. The van der Waals surface area contributed by atoms with Gasteiger partial charge in [0.25, 0.3) is 5.91 Å². The third-order valence-electron chi connectivity index (χ3n) is 2.76. The number of carbonyl (C=O) groups excluding carboxylic acids is 1. The van der Waals surface area contributed by atoms with Gasteiger partial charge in [-0.1, -0.05) is 13.0 Å². The van der Waals surface area contributed by atoms with Crippen LogP contribution in [0.5, 0.6) is 0 Å². The second-order valence-electron chi connectivity index (χ2n) is 4.75. The monoisotopic (exact) mass is 318 g/mol. The van der Waals surface area contributed by atoms with Crippen LogP contribution in [0.1, 0.15) is 22.8 Å². The van der Waals surface area contributed by atoms with Crippen LogP contribution in [0.15, 0.2) is 18.2 Å². The van der Waals surface area contributed by atoms with Crippen molar-refractivity contribution in [2.45, 2.75) is 13.8 Å². The lowest BCUT2D eigenvalue weighted by Crippen LogP contribution is -2.23. The predicted molar refractivity (Wildman–Crippen MR) is 81.9 cm³/mol. The minimum atomic E-state index is -3.48. The Morgan fingerprint density at radius 3 is 2.60 bits per heavy atom. The van der Waals surface area contributed by atoms with E-state index in [1.807, 2.05) is 0 Å². The molecule has 0 radical (unpaired) electrons. The number of hydrogen-bond donors (Lipinski definition) is 2. The standard InChI is InChI=1S/C13H19ClN2O3S/c1-9(7-14)8-20(18,19)16-12-6-11(13(17)15-3)5-4-10(12)2/h4-6,9,16H,7-8H2,1-3H3,(H,15,17). The molecule has 0 aromatic heterocycles. The van der Waals surface area contributed by atoms with Crippen molar-refractivity contribution in [2.24, 2.45) is 5.92 Å². The van der Waals surface area contributed by atoms with Gasteiger partial charge in [-0.15, -0.1) is 11.6 Å². The van der Waals surface area contributed by atoms with Gasteiger partial charge in [-0.05, 0) is 30.5 Å². The number of anilines is 1. The Morgan fingerprint density at radius 2 is 2.05 bits per heavy atom. The summed E-state index contributed by atoms with van der Waals surface area (Å²) in [5.41, 5.74) is 1.56. The number of nitrogens with one attached hydrogen (secondary N) is 2. The van der Waals surface area contributed by atoms with Crippen LogP contribution in [0, 0.1) is 12.8 Å². The van der Waals surface area contributed by atoms with Gasteiger partial charge in [-0.2, -0.15) is 0 Å². The van der Waals surface area contributed by atoms with Gasteiger partial charge in [-0.3, -0.25) is 9.52 Å². The quantitative estimate of drug-likeness (QED) is 0.787. The molecule has 5 nitrogen and oxygen atoms in total. The van der Waals surface area contributed by atoms with Gasteiger partial charge in [-0.25, -0.2) is 8.42 Å². The van der Waals surface area contributed by atoms with E-state index in [2.05, 4.69) is 10.0 Å². The first-order valence-corrected chi connectivity index (χ1v) is 8.37. The number of alkyl halides is 1. The molecule has 0 aliphatic heterocycles. The van der Waals surface area contributed by atoms with E-state index < -0.39 is 10.0 Å². The molecule has 1 atom stereocenters. The van der Waals surface area contributed by atoms with Crippen molar-refractivity contribution in [3.8, 4) is 0 Å². The maximum atomic E-state index is 12.0. The Morgan fingerprint density at radius 1 is 1.40 bits per heavy atom. The smallest absolute Gasteiger partial charge is 0.251 e. The van der Waals surface area contributed by atoms with Crippen molar-refractivity contribution >= 4 is 33.2 Å². The van der Waals surface area contributed by atoms with Crippen molar-refractivity contribution in [1.29, 1.82) is 0 Å². The van der Waals surface area contributed by atoms with Gasteiger partial charge in [0.15, 0.2) is 0 Å². The van der Waals surface area contributed by atoms with Crippen LogP contribution < -0.4 is 10.0 Å². The second-order valence-corrected chi connectivity index (χ2v) is 6.83. The van der Waals surface area contributed by atoms with Crippen LogP contribution >= 0.6 is 11.6 Å². The molecule has 0 saturated carbocycles. The summed E-state index contributed by atoms with van der Waals surface area (Å²) in [5.74, 6) is -0.186. The summed E-state index contributed by atoms with van der Waals surface area (Å²) in [6, 6.07) is 4.87. The first kappa shape index (κ1) is 16.8. The maximum absolute atomic E-state index is 12.0. The van der Waals surface area contributed by atoms with Crippen molar-refractivity contribution in [3.05, 3.63) is 29.3 Å². The van der Waals surface area contributed by atoms with E-state index in [0.717, 1.165) is 5.56 Å². The fraction of sp³-hybridized carbons (Fsp3) is 0.462. The van der Waals surface area contributed by atoms with Gasteiger partial charge in [0.1, 0.15) is 0 Å². The molecule has 7 heteroatoms. The lowest BCUT2D eigenvalue weighted by atomic mass is 10.1. The number of halogens is 1. The van der Waals surface area contributed by atoms with Gasteiger partial charge >= 0.3 is 0 Å². The lowest BCUT2D eigenvalue weighted by Gasteiger charge is -2.14. The molecule has 1 aromatic rings. The molecule has 0 spiro atoms. The first-order valence-electron chi connectivity index (χ1n) is 6.18. The van der Waals surface area contributed by atoms with Gasteiger partial charge in [0.2, 0.25) is 10.0 Å². The van der Waals surface area contributed by atoms with E-state index in [1.165, 1.54) is 13.1 Å². The molecule has 2 N–H and O–H groups in total. The molecule has 0 heterocycles. The highest BCUT2D eigenvalue weighted by atomic mass is 35.5. The van der Waals surface area contributed by atoms with Gasteiger partial charge < -0.3 is 5.32 Å². The zero-order chi connectivity index (χ0) is 15.3. The van der Waals surface area contributed by atoms with Crippen molar-refractivity contribution < 1.29 is 13.2 Å². The fourth-order valence-electron chi connectivity index (χ4n) is 1.65. The Bertz CT molecular complexity index is 587. The molecule has 0 aliphatic rings. The number of rotatable bonds is 6. The Kier molecular flexibility index (Phi) is 5.83. The molecular weight excluding hydrogens is 300 g/mol. The van der Waals surface area contributed by atoms with E-state index in [1.54, 1.807) is 26.0 Å². The number of aryl methyl sites for hydroxylation is 1. The number of hydrogen-bond acceptors (Lipinski definition) is 3. The second kappa shape index (κ2) is 6.95. The summed E-state index contributed by atoms with van der Waals surface area (Å²) in [6.45, 7) is 3.54. The van der Waals surface area contributed by atoms with Gasteiger partial charge in [0, 0.05) is 18.5 Å². The predicted octanol–water partition coefficient (Wildman–Crippen LogP) is 1.97. The summed E-state index contributed by atoms with van der Waals surface area (Å²) in [4.78, 5) is 11.6. The van der Waals surface area contributed by atoms with E-state index in [0.29, 0.717) is 11.3 Å². The molecule has 0 saturated heterocycles. The first-order chi connectivity index (χ1) is 9.29. The highest BCUT2D eigenvalue weighted by Crippen LogP contribution is 2.19. The topological polar surface area (TPSA) is 75.3 Å². The van der Waals surface area contributed by atoms with Crippen LogP contribution in [-0.4, -0.2) is 33.0 Å². The summed E-state index contributed by atoms with van der Waals surface area (Å²) < 4.78 is 26.5. The van der Waals surface area contributed by atoms with Crippen molar-refractivity contribution in [3.63, 3.8) is 0 Å². The third-order valence-corrected chi connectivity index (χ3v) is 4.83. The minimum Gasteiger partial charge on any atom is -0.355 e. The van der Waals surface area contributed by atoms with E-state index in [-0.39, 0.29) is 23.5 Å². The molecule has 0 aliphatic carbocycles. The Balaban J connectivity index is 2.99. The normalized spacial score (nSPS) is 12.8. The van der Waals surface area contributed by atoms with Gasteiger partial charge in [0.05, 0.1) is 11.4 Å². The molecule has 1 unspecified atom stereocenters. The number of sulfonamides is 1. The average molecular weight is 319 g/mol. The molecule has 0 bridgehead atoms. The number of benzene rings is 1. The van der Waals surface area contributed by atoms with Crippen LogP contribution in [0.4, 0.5) is 5.69 Å². The summed E-state index contributed by atoms with van der Waals surface area (Å²) in [6.07, 6.45) is 0. The maximum Gasteiger partial charge on any atom is 0.251 e. The van der Waals surface area contributed by atoms with Crippen LogP contribution in [0.25, 0.3) is 0 Å². The largest absolute Gasteiger partial charge is 0.355 e. The van der Waals surface area contributed by atoms with Crippen LogP contribution in [0.2, 0.25) is 0 Å². The summed E-state index contributed by atoms with van der Waals surface area (Å²) in [5, 5.41) is 2.50. The molecule has 1 aromatic carbocycles. The Labute approximate surface area is 124 Å². The van der Waals surface area contributed by atoms with E-state index >= 15 is 0 Å². The highest BCUT2D eigenvalue weighted by Gasteiger charge is 2.17. The summed E-state index contributed by atoms with van der Waals surface area (Å²) >= 11 is 5.63. The summed E-state index contributed by atoms with van der Waals surface area (Å²) in [7, 11) is -1.96. The Hall–Kier alpha value is -1.27. The SMILES string of the molecule is CNC(=O)c1ccc(C)c(NS(=O)(=O)CC(C)CCl)c1. The third kappa shape index (κ3) is 4.68. The molecule has 1 rings (SSSR count). The minimum absolute atomic E-state index is 0.0554. The zero-order valence-corrected chi connectivity index (χ0v) is 13.3. The molecule has 0 fully saturated rings. The van der Waals surface area contributed by atoms with Crippen molar-refractivity contribution in [2.75, 3.05) is 23.4 Å². The molecule has 112 valence electrons. The average Bonchev–Trinajstić information content (AvgIpc) is 2.39.